The molecule has 3 rings (SSSR count). The Labute approximate surface area is 109 Å². The lowest BCUT2D eigenvalue weighted by Gasteiger charge is -2.46. The molecule has 0 saturated heterocycles. The molecule has 1 aliphatic heterocycles. The third-order valence-corrected chi connectivity index (χ3v) is 5.14. The number of hydrogen-bond acceptors (Lipinski definition) is 3. The Kier molecular flexibility index (Phi) is 3.16. The van der Waals surface area contributed by atoms with Gasteiger partial charge in [-0.1, -0.05) is 19.8 Å². The van der Waals surface area contributed by atoms with Crippen LogP contribution in [0.15, 0.2) is 12.4 Å². The van der Waals surface area contributed by atoms with Gasteiger partial charge in [0.2, 0.25) is 0 Å². The van der Waals surface area contributed by atoms with Gasteiger partial charge in [0.05, 0.1) is 6.54 Å². The second-order valence-electron chi connectivity index (χ2n) is 5.76. The molecule has 0 radical (unpaired) electrons. The molecule has 4 nitrogen and oxygen atoms in total. The Morgan fingerprint density at radius 1 is 1.50 bits per heavy atom. The van der Waals surface area contributed by atoms with Gasteiger partial charge in [-0.25, -0.2) is 4.98 Å². The van der Waals surface area contributed by atoms with Gasteiger partial charge in [0.1, 0.15) is 5.82 Å². The quantitative estimate of drug-likeness (QED) is 0.884. The van der Waals surface area contributed by atoms with Crippen molar-refractivity contribution in [2.24, 2.45) is 11.7 Å². The summed E-state index contributed by atoms with van der Waals surface area (Å²) in [6.45, 7) is 6.27. The molecule has 1 saturated carbocycles. The van der Waals surface area contributed by atoms with E-state index in [2.05, 4.69) is 27.6 Å². The highest BCUT2D eigenvalue weighted by molar-refractivity contribution is 5.05. The highest BCUT2D eigenvalue weighted by Gasteiger charge is 2.46. The minimum Gasteiger partial charge on any atom is -0.333 e. The van der Waals surface area contributed by atoms with E-state index in [1.807, 2.05) is 6.20 Å². The average molecular weight is 248 g/mol. The van der Waals surface area contributed by atoms with Crippen LogP contribution in [0.5, 0.6) is 0 Å². The van der Waals surface area contributed by atoms with E-state index in [-0.39, 0.29) is 5.54 Å². The first-order valence-electron chi connectivity index (χ1n) is 7.25. The molecular formula is C14H24N4. The molecule has 100 valence electrons. The fourth-order valence-corrected chi connectivity index (χ4v) is 4.08. The Hall–Kier alpha value is -0.870. The molecule has 1 aromatic rings. The Bertz CT molecular complexity index is 414. The molecule has 2 unspecified atom stereocenters. The Morgan fingerprint density at radius 2 is 2.39 bits per heavy atom. The number of nitrogens with zero attached hydrogens (tertiary/aromatic N) is 3. The summed E-state index contributed by atoms with van der Waals surface area (Å²) in [5.74, 6) is 1.97. The van der Waals surface area contributed by atoms with Crippen LogP contribution in [0.25, 0.3) is 0 Å². The third kappa shape index (κ3) is 1.70. The van der Waals surface area contributed by atoms with Gasteiger partial charge in [0.25, 0.3) is 0 Å². The standard InChI is InChI=1S/C14H24N4/c1-2-12-4-3-5-14(12,11-15)18-9-8-17-7-6-16-13(17)10-18/h6-7,12H,2-5,8-11,15H2,1H3. The largest absolute Gasteiger partial charge is 0.333 e. The minimum absolute atomic E-state index is 0.242. The molecule has 1 aliphatic carbocycles. The molecule has 4 heteroatoms. The third-order valence-electron chi connectivity index (χ3n) is 5.14. The molecule has 0 aromatic carbocycles. The van der Waals surface area contributed by atoms with Crippen molar-refractivity contribution in [3.63, 3.8) is 0 Å². The lowest BCUT2D eigenvalue weighted by molar-refractivity contribution is 0.0303. The summed E-state index contributed by atoms with van der Waals surface area (Å²) in [6.07, 6.45) is 9.21. The molecule has 2 N–H and O–H groups in total. The summed E-state index contributed by atoms with van der Waals surface area (Å²) in [5.41, 5.74) is 6.43. The van der Waals surface area contributed by atoms with E-state index in [0.717, 1.165) is 32.1 Å². The number of nitrogens with two attached hydrogens (primary N) is 1. The lowest BCUT2D eigenvalue weighted by atomic mass is 9.83. The average Bonchev–Trinajstić information content (AvgIpc) is 3.04. The summed E-state index contributed by atoms with van der Waals surface area (Å²) in [7, 11) is 0. The number of fused-ring (bicyclic) bond motifs is 1. The smallest absolute Gasteiger partial charge is 0.122 e. The molecule has 0 amide bonds. The van der Waals surface area contributed by atoms with Crippen LogP contribution in [-0.2, 0) is 13.1 Å². The van der Waals surface area contributed by atoms with Gasteiger partial charge in [0, 0.05) is 37.6 Å². The molecule has 2 atom stereocenters. The van der Waals surface area contributed by atoms with Gasteiger partial charge in [-0.15, -0.1) is 0 Å². The van der Waals surface area contributed by atoms with Gasteiger partial charge in [-0.3, -0.25) is 4.90 Å². The van der Waals surface area contributed by atoms with Crippen molar-refractivity contribution in [3.05, 3.63) is 18.2 Å². The SMILES string of the molecule is CCC1CCCC1(CN)N1CCn2ccnc2C1. The molecule has 1 fully saturated rings. The van der Waals surface area contributed by atoms with Gasteiger partial charge in [0.15, 0.2) is 0 Å². The zero-order chi connectivity index (χ0) is 12.6. The first-order valence-corrected chi connectivity index (χ1v) is 7.25. The van der Waals surface area contributed by atoms with Crippen LogP contribution in [0, 0.1) is 5.92 Å². The molecule has 1 aromatic heterocycles. The zero-order valence-electron chi connectivity index (χ0n) is 11.3. The molecule has 2 heterocycles. The van der Waals surface area contributed by atoms with Crippen molar-refractivity contribution in [3.8, 4) is 0 Å². The summed E-state index contributed by atoms with van der Waals surface area (Å²) in [6, 6.07) is 0. The second-order valence-corrected chi connectivity index (χ2v) is 5.76. The number of aromatic nitrogens is 2. The van der Waals surface area contributed by atoms with Crippen molar-refractivity contribution < 1.29 is 0 Å². The summed E-state index contributed by atoms with van der Waals surface area (Å²) in [4.78, 5) is 7.10. The first kappa shape index (κ1) is 12.2. The van der Waals surface area contributed by atoms with Crippen molar-refractivity contribution in [1.82, 2.24) is 14.5 Å². The number of imidazole rings is 1. The molecular weight excluding hydrogens is 224 g/mol. The predicted octanol–water partition coefficient (Wildman–Crippen LogP) is 1.61. The predicted molar refractivity (Wildman–Crippen MR) is 72.1 cm³/mol. The van der Waals surface area contributed by atoms with E-state index < -0.39 is 0 Å². The maximum absolute atomic E-state index is 6.19. The number of rotatable bonds is 3. The summed E-state index contributed by atoms with van der Waals surface area (Å²) < 4.78 is 2.27. The Morgan fingerprint density at radius 3 is 3.17 bits per heavy atom. The summed E-state index contributed by atoms with van der Waals surface area (Å²) in [5, 5.41) is 0. The monoisotopic (exact) mass is 248 g/mol. The van der Waals surface area contributed by atoms with Crippen LogP contribution in [0.4, 0.5) is 0 Å². The van der Waals surface area contributed by atoms with E-state index in [1.165, 1.54) is 31.5 Å². The van der Waals surface area contributed by atoms with Crippen LogP contribution >= 0.6 is 0 Å². The normalized spacial score (nSPS) is 32.7. The first-order chi connectivity index (χ1) is 8.80. The van der Waals surface area contributed by atoms with Crippen LogP contribution in [0.1, 0.15) is 38.4 Å². The second kappa shape index (κ2) is 4.67. The van der Waals surface area contributed by atoms with E-state index in [0.29, 0.717) is 0 Å². The maximum Gasteiger partial charge on any atom is 0.122 e. The van der Waals surface area contributed by atoms with Crippen molar-refractivity contribution in [1.29, 1.82) is 0 Å². The molecule has 0 bridgehead atoms. The summed E-state index contributed by atoms with van der Waals surface area (Å²) >= 11 is 0. The highest BCUT2D eigenvalue weighted by Crippen LogP contribution is 2.42. The molecule has 2 aliphatic rings. The van der Waals surface area contributed by atoms with E-state index in [4.69, 9.17) is 5.73 Å². The van der Waals surface area contributed by atoms with E-state index in [9.17, 15) is 0 Å². The zero-order valence-corrected chi connectivity index (χ0v) is 11.3. The number of hydrogen-bond donors (Lipinski definition) is 1. The van der Waals surface area contributed by atoms with Crippen LogP contribution in [-0.4, -0.2) is 33.1 Å². The maximum atomic E-state index is 6.19. The Balaban J connectivity index is 1.85. The van der Waals surface area contributed by atoms with Gasteiger partial charge in [-0.05, 0) is 18.8 Å². The lowest BCUT2D eigenvalue weighted by Crippen LogP contribution is -2.58. The van der Waals surface area contributed by atoms with Crippen molar-refractivity contribution >= 4 is 0 Å². The van der Waals surface area contributed by atoms with Crippen LogP contribution in [0.3, 0.4) is 0 Å². The van der Waals surface area contributed by atoms with Crippen LogP contribution < -0.4 is 5.73 Å². The van der Waals surface area contributed by atoms with Crippen molar-refractivity contribution in [2.75, 3.05) is 13.1 Å². The van der Waals surface area contributed by atoms with Gasteiger partial charge >= 0.3 is 0 Å². The van der Waals surface area contributed by atoms with Crippen LogP contribution in [0.2, 0.25) is 0 Å². The van der Waals surface area contributed by atoms with Gasteiger partial charge in [-0.2, -0.15) is 0 Å². The van der Waals surface area contributed by atoms with Gasteiger partial charge < -0.3 is 10.3 Å². The van der Waals surface area contributed by atoms with E-state index in [1.54, 1.807) is 0 Å². The molecule has 0 spiro atoms. The highest BCUT2D eigenvalue weighted by atomic mass is 15.3. The molecule has 18 heavy (non-hydrogen) atoms. The fraction of sp³-hybridized carbons (Fsp3) is 0.786. The van der Waals surface area contributed by atoms with E-state index >= 15 is 0 Å². The fourth-order valence-electron chi connectivity index (χ4n) is 4.08. The minimum atomic E-state index is 0.242. The van der Waals surface area contributed by atoms with Crippen molar-refractivity contribution in [2.45, 2.75) is 51.2 Å². The topological polar surface area (TPSA) is 47.1 Å².